The number of aromatic amines is 1. The minimum Gasteiger partial charge on any atom is -0.338 e. The van der Waals surface area contributed by atoms with Crippen LogP contribution in [0.1, 0.15) is 57.2 Å². The summed E-state index contributed by atoms with van der Waals surface area (Å²) in [5, 5.41) is 10.4. The fraction of sp³-hybridized carbons (Fsp3) is 0.812. The Labute approximate surface area is 142 Å². The summed E-state index contributed by atoms with van der Waals surface area (Å²) in [4.78, 5) is 14.2. The summed E-state index contributed by atoms with van der Waals surface area (Å²) in [7, 11) is 0. The molecule has 2 fully saturated rings. The predicted molar refractivity (Wildman–Crippen MR) is 92.0 cm³/mol. The van der Waals surface area contributed by atoms with Gasteiger partial charge in [-0.05, 0) is 50.7 Å². The van der Waals surface area contributed by atoms with Gasteiger partial charge in [0.2, 0.25) is 0 Å². The molecule has 0 spiro atoms. The zero-order valence-electron chi connectivity index (χ0n) is 13.9. The van der Waals surface area contributed by atoms with E-state index in [1.165, 1.54) is 25.7 Å². The van der Waals surface area contributed by atoms with Crippen molar-refractivity contribution in [2.45, 2.75) is 57.9 Å². The molecule has 2 heterocycles. The van der Waals surface area contributed by atoms with Crippen molar-refractivity contribution in [2.75, 3.05) is 19.6 Å². The smallest absolute Gasteiger partial charge is 0.317 e. The fourth-order valence-electron chi connectivity index (χ4n) is 3.85. The summed E-state index contributed by atoms with van der Waals surface area (Å²) in [6, 6.07) is 0.102. The molecule has 2 N–H and O–H groups in total. The van der Waals surface area contributed by atoms with Gasteiger partial charge in [0.1, 0.15) is 5.82 Å². The first-order valence-corrected chi connectivity index (χ1v) is 9.27. The van der Waals surface area contributed by atoms with Gasteiger partial charge in [-0.1, -0.05) is 12.8 Å². The molecule has 2 aliphatic rings. The Kier molecular flexibility index (Phi) is 5.35. The third-order valence-electron chi connectivity index (χ3n) is 5.27. The van der Waals surface area contributed by atoms with Gasteiger partial charge in [-0.25, -0.2) is 4.79 Å². The van der Waals surface area contributed by atoms with E-state index < -0.39 is 0 Å². The van der Waals surface area contributed by atoms with E-state index in [-0.39, 0.29) is 6.03 Å². The van der Waals surface area contributed by atoms with Crippen molar-refractivity contribution in [3.8, 4) is 0 Å². The number of likely N-dealkylation sites (tertiary alicyclic amines) is 1. The highest BCUT2D eigenvalue weighted by molar-refractivity contribution is 7.71. The lowest BCUT2D eigenvalue weighted by Gasteiger charge is -2.32. The highest BCUT2D eigenvalue weighted by Crippen LogP contribution is 2.27. The first-order valence-electron chi connectivity index (χ1n) is 8.87. The minimum atomic E-state index is 0.102. The zero-order chi connectivity index (χ0) is 16.2. The molecular weight excluding hydrogens is 310 g/mol. The molecule has 1 aliphatic heterocycles. The van der Waals surface area contributed by atoms with E-state index in [4.69, 9.17) is 12.2 Å². The van der Waals surface area contributed by atoms with Crippen LogP contribution < -0.4 is 5.32 Å². The highest BCUT2D eigenvalue weighted by Gasteiger charge is 2.27. The number of H-pyrrole nitrogens is 1. The lowest BCUT2D eigenvalue weighted by molar-refractivity contribution is 0.178. The van der Waals surface area contributed by atoms with Gasteiger partial charge in [-0.2, -0.15) is 5.10 Å². The van der Waals surface area contributed by atoms with Crippen molar-refractivity contribution in [2.24, 2.45) is 5.92 Å². The second-order valence-corrected chi connectivity index (χ2v) is 7.12. The topological polar surface area (TPSA) is 66.0 Å². The number of amides is 2. The van der Waals surface area contributed by atoms with Crippen LogP contribution in [0.5, 0.6) is 0 Å². The molecule has 2 amide bonds. The Bertz CT molecular complexity index is 582. The third-order valence-corrected chi connectivity index (χ3v) is 5.58. The maximum absolute atomic E-state index is 12.3. The summed E-state index contributed by atoms with van der Waals surface area (Å²) in [5.74, 6) is 2.12. The Balaban J connectivity index is 1.49. The highest BCUT2D eigenvalue weighted by atomic mass is 32.1. The largest absolute Gasteiger partial charge is 0.338 e. The monoisotopic (exact) mass is 337 g/mol. The zero-order valence-corrected chi connectivity index (χ0v) is 14.7. The Morgan fingerprint density at radius 2 is 2.00 bits per heavy atom. The van der Waals surface area contributed by atoms with Crippen LogP contribution in [0.2, 0.25) is 0 Å². The summed E-state index contributed by atoms with van der Waals surface area (Å²) >= 11 is 5.26. The second kappa shape index (κ2) is 7.47. The molecule has 23 heavy (non-hydrogen) atoms. The molecule has 1 aromatic rings. The molecule has 1 aliphatic carbocycles. The van der Waals surface area contributed by atoms with Crippen molar-refractivity contribution < 1.29 is 4.79 Å². The minimum absolute atomic E-state index is 0.102. The van der Waals surface area contributed by atoms with Crippen LogP contribution in [0.4, 0.5) is 4.79 Å². The van der Waals surface area contributed by atoms with Gasteiger partial charge >= 0.3 is 6.03 Å². The third kappa shape index (κ3) is 3.76. The second-order valence-electron chi connectivity index (χ2n) is 6.73. The predicted octanol–water partition coefficient (Wildman–Crippen LogP) is 3.04. The van der Waals surface area contributed by atoms with Crippen molar-refractivity contribution in [1.29, 1.82) is 0 Å². The quantitative estimate of drug-likeness (QED) is 0.830. The molecule has 0 radical (unpaired) electrons. The van der Waals surface area contributed by atoms with Gasteiger partial charge in [0, 0.05) is 32.1 Å². The van der Waals surface area contributed by atoms with Gasteiger partial charge in [0.15, 0.2) is 4.77 Å². The average molecular weight is 337 g/mol. The molecule has 6 nitrogen and oxygen atoms in total. The molecule has 128 valence electrons. The molecule has 0 aromatic carbocycles. The molecule has 1 saturated carbocycles. The number of rotatable bonds is 4. The van der Waals surface area contributed by atoms with Crippen molar-refractivity contribution in [3.63, 3.8) is 0 Å². The number of carbonyl (C=O) groups excluding carboxylic acids is 1. The van der Waals surface area contributed by atoms with Gasteiger partial charge in [0.25, 0.3) is 0 Å². The number of hydrogen-bond donors (Lipinski definition) is 2. The van der Waals surface area contributed by atoms with E-state index in [1.54, 1.807) is 0 Å². The first-order chi connectivity index (χ1) is 11.2. The van der Waals surface area contributed by atoms with E-state index in [9.17, 15) is 4.79 Å². The van der Waals surface area contributed by atoms with E-state index in [0.29, 0.717) is 16.6 Å². The Hall–Kier alpha value is -1.37. The maximum Gasteiger partial charge on any atom is 0.317 e. The fourth-order valence-corrected chi connectivity index (χ4v) is 4.11. The van der Waals surface area contributed by atoms with Crippen LogP contribution in [0, 0.1) is 10.7 Å². The lowest BCUT2D eigenvalue weighted by atomic mass is 9.96. The SMILES string of the molecule is CCn1c(C2CCN(C(=O)NCC3CCCC3)CC2)n[nH]c1=S. The van der Waals surface area contributed by atoms with Crippen molar-refractivity contribution >= 4 is 18.2 Å². The van der Waals surface area contributed by atoms with Gasteiger partial charge in [0.05, 0.1) is 0 Å². The van der Waals surface area contributed by atoms with E-state index in [2.05, 4.69) is 27.0 Å². The summed E-state index contributed by atoms with van der Waals surface area (Å²) in [5.41, 5.74) is 0. The van der Waals surface area contributed by atoms with Crippen LogP contribution in [-0.2, 0) is 6.54 Å². The Morgan fingerprint density at radius 3 is 2.65 bits per heavy atom. The summed E-state index contributed by atoms with van der Waals surface area (Å²) < 4.78 is 2.76. The molecule has 7 heteroatoms. The van der Waals surface area contributed by atoms with Crippen LogP contribution >= 0.6 is 12.2 Å². The van der Waals surface area contributed by atoms with Crippen LogP contribution in [0.25, 0.3) is 0 Å². The van der Waals surface area contributed by atoms with E-state index in [1.807, 2.05) is 4.90 Å². The van der Waals surface area contributed by atoms with Gasteiger partial charge in [-0.3, -0.25) is 5.10 Å². The number of nitrogens with zero attached hydrogens (tertiary/aromatic N) is 3. The maximum atomic E-state index is 12.3. The molecule has 0 atom stereocenters. The normalized spacial score (nSPS) is 20.1. The average Bonchev–Trinajstić information content (AvgIpc) is 3.22. The standard InChI is InChI=1S/C16H27N5OS/c1-2-21-14(18-19-16(21)23)13-7-9-20(10-8-13)15(22)17-11-12-5-3-4-6-12/h12-13H,2-11H2,1H3,(H,17,22)(H,19,23). The molecule has 0 unspecified atom stereocenters. The molecule has 3 rings (SSSR count). The number of hydrogen-bond acceptors (Lipinski definition) is 3. The van der Waals surface area contributed by atoms with Crippen LogP contribution in [-0.4, -0.2) is 45.3 Å². The molecule has 0 bridgehead atoms. The molecule has 1 saturated heterocycles. The van der Waals surface area contributed by atoms with Gasteiger partial charge in [-0.15, -0.1) is 0 Å². The van der Waals surface area contributed by atoms with Crippen molar-refractivity contribution in [1.82, 2.24) is 25.0 Å². The molecular formula is C16H27N5OS. The number of aromatic nitrogens is 3. The molecule has 1 aromatic heterocycles. The van der Waals surface area contributed by atoms with Crippen LogP contribution in [0.3, 0.4) is 0 Å². The van der Waals surface area contributed by atoms with Crippen LogP contribution in [0.15, 0.2) is 0 Å². The van der Waals surface area contributed by atoms with Crippen molar-refractivity contribution in [3.05, 3.63) is 10.6 Å². The summed E-state index contributed by atoms with van der Waals surface area (Å²) in [6.45, 7) is 5.36. The summed E-state index contributed by atoms with van der Waals surface area (Å²) in [6.07, 6.45) is 7.08. The Morgan fingerprint density at radius 1 is 1.30 bits per heavy atom. The number of piperidine rings is 1. The lowest BCUT2D eigenvalue weighted by Crippen LogP contribution is -2.45. The van der Waals surface area contributed by atoms with Gasteiger partial charge < -0.3 is 14.8 Å². The van der Waals surface area contributed by atoms with E-state index >= 15 is 0 Å². The number of urea groups is 1. The first kappa shape index (κ1) is 16.5. The number of nitrogens with one attached hydrogen (secondary N) is 2. The number of carbonyl (C=O) groups is 1. The van der Waals surface area contributed by atoms with E-state index in [0.717, 1.165) is 44.8 Å².